The van der Waals surface area contributed by atoms with Gasteiger partial charge in [-0.1, -0.05) is 27.2 Å². The van der Waals surface area contributed by atoms with Gasteiger partial charge in [0.25, 0.3) is 0 Å². The maximum atomic E-state index is 11.9. The molecule has 0 aliphatic rings. The summed E-state index contributed by atoms with van der Waals surface area (Å²) in [6, 6.07) is 5.52. The predicted molar refractivity (Wildman–Crippen MR) is 98.9 cm³/mol. The lowest BCUT2D eigenvalue weighted by atomic mass is 10.2. The third kappa shape index (κ3) is 8.77. The van der Waals surface area contributed by atoms with Crippen molar-refractivity contribution >= 4 is 11.7 Å². The van der Waals surface area contributed by atoms with Crippen LogP contribution in [0.2, 0.25) is 0 Å². The fourth-order valence-corrected chi connectivity index (χ4v) is 2.06. The van der Waals surface area contributed by atoms with Crippen molar-refractivity contribution < 1.29 is 14.3 Å². The van der Waals surface area contributed by atoms with Gasteiger partial charge >= 0.3 is 6.03 Å². The fraction of sp³-hybridized carbons (Fsp3) is 0.632. The van der Waals surface area contributed by atoms with Gasteiger partial charge in [-0.05, 0) is 49.4 Å². The van der Waals surface area contributed by atoms with Crippen LogP contribution < -0.4 is 15.4 Å². The van der Waals surface area contributed by atoms with Crippen LogP contribution in [0.15, 0.2) is 18.2 Å². The number of rotatable bonds is 11. The maximum Gasteiger partial charge on any atom is 0.319 e. The minimum Gasteiger partial charge on any atom is -0.494 e. The monoisotopic (exact) mass is 336 g/mol. The average Bonchev–Trinajstić information content (AvgIpc) is 2.53. The van der Waals surface area contributed by atoms with Gasteiger partial charge in [0.15, 0.2) is 0 Å². The van der Waals surface area contributed by atoms with E-state index in [1.165, 1.54) is 0 Å². The maximum absolute atomic E-state index is 11.9. The molecule has 24 heavy (non-hydrogen) atoms. The van der Waals surface area contributed by atoms with Crippen LogP contribution in [0.4, 0.5) is 10.5 Å². The van der Waals surface area contributed by atoms with E-state index >= 15 is 0 Å². The molecule has 5 heteroatoms. The highest BCUT2D eigenvalue weighted by Crippen LogP contribution is 2.21. The van der Waals surface area contributed by atoms with E-state index in [0.717, 1.165) is 49.5 Å². The molecule has 0 aromatic heterocycles. The molecule has 0 saturated heterocycles. The Bertz CT molecular complexity index is 490. The molecule has 0 aliphatic carbocycles. The van der Waals surface area contributed by atoms with Crippen molar-refractivity contribution in [2.45, 2.75) is 47.0 Å². The summed E-state index contributed by atoms with van der Waals surface area (Å²) in [5.41, 5.74) is 1.78. The number of nitrogens with one attached hydrogen (secondary N) is 2. The van der Waals surface area contributed by atoms with E-state index < -0.39 is 0 Å². The molecule has 136 valence electrons. The van der Waals surface area contributed by atoms with Crippen molar-refractivity contribution in [3.63, 3.8) is 0 Å². The van der Waals surface area contributed by atoms with Crippen molar-refractivity contribution in [3.8, 4) is 5.75 Å². The molecule has 0 heterocycles. The Morgan fingerprint density at radius 1 is 1.21 bits per heavy atom. The fourth-order valence-electron chi connectivity index (χ4n) is 2.06. The molecule has 2 amide bonds. The number of urea groups is 1. The second-order valence-corrected chi connectivity index (χ2v) is 6.38. The minimum absolute atomic E-state index is 0.193. The molecule has 0 atom stereocenters. The topological polar surface area (TPSA) is 59.6 Å². The predicted octanol–water partition coefficient (Wildman–Crippen LogP) is 4.36. The number of unbranched alkanes of at least 4 members (excludes halogenated alkanes) is 1. The SMILES string of the molecule is CCCCOc1ccc(NC(=O)NCCCOCC(C)C)c(C)c1. The number of benzene rings is 1. The third-order valence-electron chi connectivity index (χ3n) is 3.41. The molecule has 0 saturated carbocycles. The summed E-state index contributed by atoms with van der Waals surface area (Å²) in [5.74, 6) is 1.38. The number of hydrogen-bond donors (Lipinski definition) is 2. The molecule has 0 fully saturated rings. The molecule has 1 rings (SSSR count). The van der Waals surface area contributed by atoms with Crippen molar-refractivity contribution in [2.75, 3.05) is 31.7 Å². The van der Waals surface area contributed by atoms with Crippen LogP contribution in [0.25, 0.3) is 0 Å². The second-order valence-electron chi connectivity index (χ2n) is 6.38. The van der Waals surface area contributed by atoms with Crippen LogP contribution in [-0.4, -0.2) is 32.4 Å². The molecule has 1 aromatic carbocycles. The van der Waals surface area contributed by atoms with E-state index in [-0.39, 0.29) is 6.03 Å². The largest absolute Gasteiger partial charge is 0.494 e. The Labute approximate surface area is 146 Å². The summed E-state index contributed by atoms with van der Waals surface area (Å²) in [6.45, 7) is 11.1. The van der Waals surface area contributed by atoms with Crippen LogP contribution in [0, 0.1) is 12.8 Å². The Hall–Kier alpha value is -1.75. The van der Waals surface area contributed by atoms with Gasteiger partial charge in [-0.2, -0.15) is 0 Å². The number of amides is 2. The van der Waals surface area contributed by atoms with Gasteiger partial charge in [0.05, 0.1) is 6.61 Å². The second kappa shape index (κ2) is 11.7. The molecule has 0 aliphatic heterocycles. The lowest BCUT2D eigenvalue weighted by Gasteiger charge is -2.12. The van der Waals surface area contributed by atoms with Crippen molar-refractivity contribution in [1.82, 2.24) is 5.32 Å². The zero-order valence-electron chi connectivity index (χ0n) is 15.5. The highest BCUT2D eigenvalue weighted by Gasteiger charge is 2.05. The molecule has 1 aromatic rings. The summed E-state index contributed by atoms with van der Waals surface area (Å²) in [5, 5.41) is 5.71. The zero-order chi connectivity index (χ0) is 17.8. The van der Waals surface area contributed by atoms with Crippen LogP contribution in [0.1, 0.15) is 45.6 Å². The third-order valence-corrected chi connectivity index (χ3v) is 3.41. The highest BCUT2D eigenvalue weighted by atomic mass is 16.5. The first-order valence-corrected chi connectivity index (χ1v) is 8.89. The molecular formula is C19H32N2O3. The first-order valence-electron chi connectivity index (χ1n) is 8.89. The Kier molecular flexibility index (Phi) is 9.92. The number of ether oxygens (including phenoxy) is 2. The van der Waals surface area contributed by atoms with E-state index in [1.807, 2.05) is 25.1 Å². The number of carbonyl (C=O) groups is 1. The summed E-state index contributed by atoms with van der Waals surface area (Å²) in [7, 11) is 0. The lowest BCUT2D eigenvalue weighted by molar-refractivity contribution is 0.108. The van der Waals surface area contributed by atoms with E-state index in [0.29, 0.717) is 19.1 Å². The van der Waals surface area contributed by atoms with Gasteiger partial charge in [-0.3, -0.25) is 0 Å². The summed E-state index contributed by atoms with van der Waals surface area (Å²) in [4.78, 5) is 11.9. The standard InChI is InChI=1S/C19H32N2O3/c1-5-6-12-24-17-8-9-18(16(4)13-17)21-19(22)20-10-7-11-23-14-15(2)3/h8-9,13,15H,5-7,10-12,14H2,1-4H3,(H2,20,21,22). The Morgan fingerprint density at radius 2 is 2.00 bits per heavy atom. The Morgan fingerprint density at radius 3 is 2.67 bits per heavy atom. The summed E-state index contributed by atoms with van der Waals surface area (Å²) >= 11 is 0. The number of anilines is 1. The molecular weight excluding hydrogens is 304 g/mol. The van der Waals surface area contributed by atoms with Gasteiger partial charge in [0.1, 0.15) is 5.75 Å². The molecule has 5 nitrogen and oxygen atoms in total. The van der Waals surface area contributed by atoms with E-state index in [1.54, 1.807) is 0 Å². The van der Waals surface area contributed by atoms with Crippen LogP contribution in [0.3, 0.4) is 0 Å². The highest BCUT2D eigenvalue weighted by molar-refractivity contribution is 5.90. The zero-order valence-corrected chi connectivity index (χ0v) is 15.5. The lowest BCUT2D eigenvalue weighted by Crippen LogP contribution is -2.30. The van der Waals surface area contributed by atoms with Gasteiger partial charge < -0.3 is 20.1 Å². The van der Waals surface area contributed by atoms with Crippen molar-refractivity contribution in [2.24, 2.45) is 5.92 Å². The van der Waals surface area contributed by atoms with E-state index in [4.69, 9.17) is 9.47 Å². The van der Waals surface area contributed by atoms with Crippen molar-refractivity contribution in [3.05, 3.63) is 23.8 Å². The van der Waals surface area contributed by atoms with Crippen molar-refractivity contribution in [1.29, 1.82) is 0 Å². The normalized spacial score (nSPS) is 10.7. The Balaban J connectivity index is 2.28. The molecule has 2 N–H and O–H groups in total. The van der Waals surface area contributed by atoms with Gasteiger partial charge in [0, 0.05) is 25.4 Å². The van der Waals surface area contributed by atoms with Gasteiger partial charge in [-0.25, -0.2) is 4.79 Å². The average molecular weight is 336 g/mol. The number of carbonyl (C=O) groups excluding carboxylic acids is 1. The number of hydrogen-bond acceptors (Lipinski definition) is 3. The number of aryl methyl sites for hydroxylation is 1. The molecule has 0 unspecified atom stereocenters. The van der Waals surface area contributed by atoms with Gasteiger partial charge in [-0.15, -0.1) is 0 Å². The first-order chi connectivity index (χ1) is 11.5. The summed E-state index contributed by atoms with van der Waals surface area (Å²) in [6.07, 6.45) is 2.97. The summed E-state index contributed by atoms with van der Waals surface area (Å²) < 4.78 is 11.1. The van der Waals surface area contributed by atoms with Crippen LogP contribution in [0.5, 0.6) is 5.75 Å². The molecule has 0 radical (unpaired) electrons. The molecule has 0 spiro atoms. The smallest absolute Gasteiger partial charge is 0.319 e. The first kappa shape index (κ1) is 20.3. The van der Waals surface area contributed by atoms with Gasteiger partial charge in [0.2, 0.25) is 0 Å². The van der Waals surface area contributed by atoms with Crippen LogP contribution >= 0.6 is 0 Å². The quantitative estimate of drug-likeness (QED) is 0.590. The minimum atomic E-state index is -0.193. The molecule has 0 bridgehead atoms. The van der Waals surface area contributed by atoms with E-state index in [9.17, 15) is 4.79 Å². The van der Waals surface area contributed by atoms with Crippen LogP contribution in [-0.2, 0) is 4.74 Å². The van der Waals surface area contributed by atoms with E-state index in [2.05, 4.69) is 31.4 Å².